The molecule has 0 aromatic heterocycles. The number of hydrogen-bond acceptors (Lipinski definition) is 9. The summed E-state index contributed by atoms with van der Waals surface area (Å²) in [5, 5.41) is 56.1. The summed E-state index contributed by atoms with van der Waals surface area (Å²) >= 11 is 0. The van der Waals surface area contributed by atoms with Crippen LogP contribution in [0.25, 0.3) is 0 Å². The summed E-state index contributed by atoms with van der Waals surface area (Å²) in [5.41, 5.74) is 0. The summed E-state index contributed by atoms with van der Waals surface area (Å²) in [7, 11) is 0. The zero-order valence-electron chi connectivity index (χ0n) is 9.94. The van der Waals surface area contributed by atoms with Gasteiger partial charge < -0.3 is 44.8 Å². The molecule has 2 fully saturated rings. The molecular weight excluding hydrogens is 264 g/mol. The predicted molar refractivity (Wildman–Crippen MR) is 56.6 cm³/mol. The Bertz CT molecular complexity index is 273. The van der Waals surface area contributed by atoms with E-state index in [2.05, 4.69) is 0 Å². The molecule has 9 nitrogen and oxygen atoms in total. The third-order valence-corrected chi connectivity index (χ3v) is 3.27. The van der Waals surface area contributed by atoms with Crippen molar-refractivity contribution < 1.29 is 44.8 Å². The van der Waals surface area contributed by atoms with Crippen molar-refractivity contribution in [3.8, 4) is 0 Å². The van der Waals surface area contributed by atoms with Gasteiger partial charge in [0.05, 0.1) is 13.2 Å². The SMILES string of the molecule is OC[C@H]1OC(OC2O[C@H](CO)[C@@H](O)[C@@H]2O)[C@H](O)[C@@H]1O. The molecule has 0 amide bonds. The fraction of sp³-hybridized carbons (Fsp3) is 1.00. The molecule has 0 spiro atoms. The number of aliphatic hydroxyl groups excluding tert-OH is 6. The van der Waals surface area contributed by atoms with Gasteiger partial charge in [-0.15, -0.1) is 0 Å². The van der Waals surface area contributed by atoms with Crippen LogP contribution in [0.5, 0.6) is 0 Å². The smallest absolute Gasteiger partial charge is 0.189 e. The van der Waals surface area contributed by atoms with E-state index in [0.717, 1.165) is 0 Å². The molecule has 0 saturated carbocycles. The highest BCUT2D eigenvalue weighted by molar-refractivity contribution is 4.90. The van der Waals surface area contributed by atoms with Gasteiger partial charge in [-0.05, 0) is 0 Å². The van der Waals surface area contributed by atoms with Gasteiger partial charge in [0, 0.05) is 0 Å². The zero-order chi connectivity index (χ0) is 14.2. The van der Waals surface area contributed by atoms with Crippen molar-refractivity contribution in [2.75, 3.05) is 13.2 Å². The van der Waals surface area contributed by atoms with Gasteiger partial charge in [-0.2, -0.15) is 0 Å². The predicted octanol–water partition coefficient (Wildman–Crippen LogP) is -4.12. The van der Waals surface area contributed by atoms with Gasteiger partial charge in [-0.3, -0.25) is 0 Å². The van der Waals surface area contributed by atoms with E-state index in [1.54, 1.807) is 0 Å². The van der Waals surface area contributed by atoms with E-state index < -0.39 is 62.4 Å². The minimum Gasteiger partial charge on any atom is -0.394 e. The van der Waals surface area contributed by atoms with Crippen molar-refractivity contribution in [3.05, 3.63) is 0 Å². The van der Waals surface area contributed by atoms with E-state index in [9.17, 15) is 20.4 Å². The number of rotatable bonds is 4. The minimum atomic E-state index is -1.42. The van der Waals surface area contributed by atoms with Gasteiger partial charge in [-0.25, -0.2) is 0 Å². The van der Waals surface area contributed by atoms with Crippen LogP contribution in [0.15, 0.2) is 0 Å². The highest BCUT2D eigenvalue weighted by Gasteiger charge is 2.49. The second kappa shape index (κ2) is 5.95. The quantitative estimate of drug-likeness (QED) is 0.302. The van der Waals surface area contributed by atoms with Crippen molar-refractivity contribution in [2.24, 2.45) is 0 Å². The monoisotopic (exact) mass is 282 g/mol. The highest BCUT2D eigenvalue weighted by Crippen LogP contribution is 2.28. The van der Waals surface area contributed by atoms with Crippen LogP contribution >= 0.6 is 0 Å². The molecule has 19 heavy (non-hydrogen) atoms. The second-order valence-electron chi connectivity index (χ2n) is 4.55. The molecule has 0 bridgehead atoms. The average molecular weight is 282 g/mol. The summed E-state index contributed by atoms with van der Waals surface area (Å²) in [6.07, 6.45) is -10.1. The maximum absolute atomic E-state index is 9.63. The lowest BCUT2D eigenvalue weighted by Gasteiger charge is -2.22. The van der Waals surface area contributed by atoms with Crippen LogP contribution in [0.1, 0.15) is 0 Å². The number of hydrogen-bond donors (Lipinski definition) is 6. The average Bonchev–Trinajstić information content (AvgIpc) is 2.83. The third kappa shape index (κ3) is 2.75. The zero-order valence-corrected chi connectivity index (χ0v) is 9.94. The first kappa shape index (κ1) is 15.0. The first-order valence-corrected chi connectivity index (χ1v) is 5.90. The maximum Gasteiger partial charge on any atom is 0.189 e. The molecule has 8 atom stereocenters. The largest absolute Gasteiger partial charge is 0.394 e. The van der Waals surface area contributed by atoms with Crippen molar-refractivity contribution in [1.82, 2.24) is 0 Å². The van der Waals surface area contributed by atoms with E-state index in [1.807, 2.05) is 0 Å². The Morgan fingerprint density at radius 3 is 1.32 bits per heavy atom. The van der Waals surface area contributed by atoms with E-state index in [0.29, 0.717) is 0 Å². The first-order valence-electron chi connectivity index (χ1n) is 5.90. The van der Waals surface area contributed by atoms with Crippen LogP contribution in [-0.2, 0) is 14.2 Å². The molecule has 9 heteroatoms. The van der Waals surface area contributed by atoms with Crippen LogP contribution in [0.3, 0.4) is 0 Å². The van der Waals surface area contributed by atoms with Gasteiger partial charge in [0.1, 0.15) is 36.6 Å². The fourth-order valence-electron chi connectivity index (χ4n) is 2.09. The molecule has 0 aliphatic carbocycles. The fourth-order valence-corrected chi connectivity index (χ4v) is 2.09. The van der Waals surface area contributed by atoms with Gasteiger partial charge >= 0.3 is 0 Å². The third-order valence-electron chi connectivity index (χ3n) is 3.27. The Balaban J connectivity index is 1.95. The van der Waals surface area contributed by atoms with Gasteiger partial charge in [0.2, 0.25) is 0 Å². The van der Waals surface area contributed by atoms with Crippen LogP contribution in [0.2, 0.25) is 0 Å². The molecular formula is C10H18O9. The van der Waals surface area contributed by atoms with Crippen LogP contribution in [0.4, 0.5) is 0 Å². The normalized spacial score (nSPS) is 50.8. The van der Waals surface area contributed by atoms with Gasteiger partial charge in [0.25, 0.3) is 0 Å². The van der Waals surface area contributed by atoms with Crippen molar-refractivity contribution >= 4 is 0 Å². The number of aliphatic hydroxyl groups is 6. The lowest BCUT2D eigenvalue weighted by atomic mass is 10.1. The van der Waals surface area contributed by atoms with Crippen molar-refractivity contribution in [2.45, 2.75) is 49.2 Å². The molecule has 0 aromatic carbocycles. The Hall–Kier alpha value is -0.360. The van der Waals surface area contributed by atoms with Crippen LogP contribution in [-0.4, -0.2) is 93.1 Å². The van der Waals surface area contributed by atoms with E-state index in [-0.39, 0.29) is 0 Å². The Morgan fingerprint density at radius 2 is 1.05 bits per heavy atom. The first-order chi connectivity index (χ1) is 8.99. The molecule has 2 rings (SSSR count). The minimum absolute atomic E-state index is 0.506. The molecule has 6 N–H and O–H groups in total. The van der Waals surface area contributed by atoms with Gasteiger partial charge in [-0.1, -0.05) is 0 Å². The molecule has 112 valence electrons. The number of ether oxygens (including phenoxy) is 3. The molecule has 2 saturated heterocycles. The Kier molecular flexibility index (Phi) is 4.71. The Labute approximate surface area is 108 Å². The lowest BCUT2D eigenvalue weighted by Crippen LogP contribution is -2.40. The van der Waals surface area contributed by atoms with Gasteiger partial charge in [0.15, 0.2) is 12.6 Å². The molecule has 2 unspecified atom stereocenters. The summed E-state index contributed by atoms with van der Waals surface area (Å²) in [4.78, 5) is 0. The highest BCUT2D eigenvalue weighted by atomic mass is 16.8. The lowest BCUT2D eigenvalue weighted by molar-refractivity contribution is -0.269. The molecule has 2 aliphatic rings. The molecule has 2 aliphatic heterocycles. The second-order valence-corrected chi connectivity index (χ2v) is 4.55. The van der Waals surface area contributed by atoms with E-state index >= 15 is 0 Å². The van der Waals surface area contributed by atoms with Crippen LogP contribution < -0.4 is 0 Å². The maximum atomic E-state index is 9.63. The molecule has 0 radical (unpaired) electrons. The van der Waals surface area contributed by atoms with E-state index in [1.165, 1.54) is 0 Å². The molecule has 2 heterocycles. The van der Waals surface area contributed by atoms with Crippen LogP contribution in [0, 0.1) is 0 Å². The summed E-state index contributed by atoms with van der Waals surface area (Å²) < 4.78 is 15.2. The van der Waals surface area contributed by atoms with Crippen molar-refractivity contribution in [3.63, 3.8) is 0 Å². The topological polar surface area (TPSA) is 149 Å². The molecule has 0 aromatic rings. The summed E-state index contributed by atoms with van der Waals surface area (Å²) in [5.74, 6) is 0. The Morgan fingerprint density at radius 1 is 0.684 bits per heavy atom. The standard InChI is InChI=1S/C10H18O9/c11-1-3-5(13)7(15)9(17-3)19-10-8(16)6(14)4(2-12)18-10/h3-16H,1-2H2/t3-,4-,5-,6-,7-,8+,9?,10?/m1/s1. The summed E-state index contributed by atoms with van der Waals surface area (Å²) in [6, 6.07) is 0. The summed E-state index contributed by atoms with van der Waals surface area (Å²) in [6.45, 7) is -1.01. The van der Waals surface area contributed by atoms with Crippen molar-refractivity contribution in [1.29, 1.82) is 0 Å². The van der Waals surface area contributed by atoms with E-state index in [4.69, 9.17) is 24.4 Å².